The van der Waals surface area contributed by atoms with Gasteiger partial charge in [0.25, 0.3) is 0 Å². The molecule has 4 aromatic heterocycles. The summed E-state index contributed by atoms with van der Waals surface area (Å²) in [6.07, 6.45) is 0. The molecule has 0 radical (unpaired) electrons. The van der Waals surface area contributed by atoms with Crippen LogP contribution in [-0.4, -0.2) is 0 Å². The van der Waals surface area contributed by atoms with E-state index in [0.717, 1.165) is 0 Å². The minimum Gasteiger partial charge on any atom is -0.135 e. The van der Waals surface area contributed by atoms with E-state index in [1.807, 2.05) is 45.3 Å². The fourth-order valence-corrected chi connectivity index (χ4v) is 13.9. The van der Waals surface area contributed by atoms with Crippen molar-refractivity contribution in [3.8, 4) is 0 Å². The van der Waals surface area contributed by atoms with Gasteiger partial charge in [-0.2, -0.15) is 0 Å². The van der Waals surface area contributed by atoms with Crippen molar-refractivity contribution in [2.75, 3.05) is 0 Å². The number of benzene rings is 8. The third kappa shape index (κ3) is 9.76. The highest BCUT2D eigenvalue weighted by molar-refractivity contribution is 7.27. The van der Waals surface area contributed by atoms with E-state index in [1.54, 1.807) is 0 Å². The predicted molar refractivity (Wildman–Crippen MR) is 312 cm³/mol. The molecule has 0 spiro atoms. The molecule has 0 aliphatic carbocycles. The van der Waals surface area contributed by atoms with Gasteiger partial charge in [0.1, 0.15) is 0 Å². The SMILES string of the molecule is CC(C)(C)c1ccc2c(c1)sc1ccccc12.CC(C)(C)c1ccc2sc3ccccc3c2c1.CC(C)(C)c1cccc2c1sc1ccccc12.CC(C)(C)c1cccc2sc3ccccc3c12. The van der Waals surface area contributed by atoms with Gasteiger partial charge in [0, 0.05) is 80.7 Å². The number of thiophene rings is 4. The molecular formula is C64H64S4. The molecule has 344 valence electrons. The van der Waals surface area contributed by atoms with Gasteiger partial charge in [0.15, 0.2) is 0 Å². The highest BCUT2D eigenvalue weighted by Crippen LogP contribution is 2.42. The summed E-state index contributed by atoms with van der Waals surface area (Å²) in [5.41, 5.74) is 6.58. The summed E-state index contributed by atoms with van der Waals surface area (Å²) in [7, 11) is 0. The molecule has 0 nitrogen and oxygen atoms in total. The quantitative estimate of drug-likeness (QED) is 0.142. The fraction of sp³-hybridized carbons (Fsp3) is 0.250. The molecule has 0 aliphatic heterocycles. The Morgan fingerprint density at radius 3 is 1.22 bits per heavy atom. The molecule has 0 saturated heterocycles. The zero-order valence-corrected chi connectivity index (χ0v) is 45.1. The van der Waals surface area contributed by atoms with Gasteiger partial charge in [-0.15, -0.1) is 45.3 Å². The van der Waals surface area contributed by atoms with E-state index in [9.17, 15) is 0 Å². The molecule has 0 fully saturated rings. The van der Waals surface area contributed by atoms with Crippen LogP contribution in [0.1, 0.15) is 105 Å². The number of hydrogen-bond donors (Lipinski definition) is 0. The zero-order valence-electron chi connectivity index (χ0n) is 41.8. The Labute approximate surface area is 419 Å². The van der Waals surface area contributed by atoms with Crippen LogP contribution in [0.15, 0.2) is 170 Å². The third-order valence-electron chi connectivity index (χ3n) is 12.9. The van der Waals surface area contributed by atoms with Crippen LogP contribution in [0, 0.1) is 0 Å². The van der Waals surface area contributed by atoms with Gasteiger partial charge in [-0.25, -0.2) is 0 Å². The van der Waals surface area contributed by atoms with E-state index in [-0.39, 0.29) is 21.7 Å². The zero-order chi connectivity index (χ0) is 48.2. The first-order valence-corrected chi connectivity index (χ1v) is 27.2. The summed E-state index contributed by atoms with van der Waals surface area (Å²) in [5.74, 6) is 0. The van der Waals surface area contributed by atoms with Crippen molar-refractivity contribution in [3.63, 3.8) is 0 Å². The van der Waals surface area contributed by atoms with E-state index >= 15 is 0 Å². The van der Waals surface area contributed by atoms with Crippen molar-refractivity contribution in [3.05, 3.63) is 192 Å². The predicted octanol–water partition coefficient (Wildman–Crippen LogP) is 21.4. The Kier molecular flexibility index (Phi) is 13.0. The van der Waals surface area contributed by atoms with Crippen LogP contribution >= 0.6 is 45.3 Å². The van der Waals surface area contributed by atoms with E-state index in [4.69, 9.17) is 0 Å². The van der Waals surface area contributed by atoms with Crippen molar-refractivity contribution >= 4 is 126 Å². The van der Waals surface area contributed by atoms with Crippen molar-refractivity contribution < 1.29 is 0 Å². The largest absolute Gasteiger partial charge is 0.135 e. The lowest BCUT2D eigenvalue weighted by atomic mass is 9.84. The normalized spacial score (nSPS) is 12.4. The van der Waals surface area contributed by atoms with Crippen LogP contribution in [-0.2, 0) is 21.7 Å². The molecule has 4 heteroatoms. The Balaban J connectivity index is 0.000000113. The van der Waals surface area contributed by atoms with E-state index in [0.29, 0.717) is 0 Å². The highest BCUT2D eigenvalue weighted by Gasteiger charge is 2.21. The summed E-state index contributed by atoms with van der Waals surface area (Å²) in [6, 6.07) is 61.8. The first-order chi connectivity index (χ1) is 32.3. The molecule has 8 aromatic carbocycles. The van der Waals surface area contributed by atoms with E-state index in [1.165, 1.54) is 103 Å². The average molecular weight is 961 g/mol. The van der Waals surface area contributed by atoms with Gasteiger partial charge in [0.05, 0.1) is 0 Å². The lowest BCUT2D eigenvalue weighted by Gasteiger charge is -2.20. The minimum atomic E-state index is 0.198. The van der Waals surface area contributed by atoms with Gasteiger partial charge in [0.2, 0.25) is 0 Å². The first kappa shape index (κ1) is 47.7. The Morgan fingerprint density at radius 2 is 0.632 bits per heavy atom. The maximum atomic E-state index is 2.36. The summed E-state index contributed by atoms with van der Waals surface area (Å²) in [5, 5.41) is 11.2. The average Bonchev–Trinajstić information content (AvgIpc) is 4.08. The highest BCUT2D eigenvalue weighted by atomic mass is 32.1. The molecule has 4 heterocycles. The van der Waals surface area contributed by atoms with Crippen LogP contribution < -0.4 is 0 Å². The molecule has 0 unspecified atom stereocenters. The van der Waals surface area contributed by atoms with Gasteiger partial charge < -0.3 is 0 Å². The fourth-order valence-electron chi connectivity index (χ4n) is 9.12. The number of fused-ring (bicyclic) bond motifs is 12. The third-order valence-corrected chi connectivity index (χ3v) is 17.6. The molecular weight excluding hydrogens is 897 g/mol. The van der Waals surface area contributed by atoms with Crippen molar-refractivity contribution in [2.45, 2.75) is 105 Å². The lowest BCUT2D eigenvalue weighted by Crippen LogP contribution is -2.11. The lowest BCUT2D eigenvalue weighted by molar-refractivity contribution is 0.591. The Morgan fingerprint density at radius 1 is 0.250 bits per heavy atom. The monoisotopic (exact) mass is 960 g/mol. The van der Waals surface area contributed by atoms with Crippen molar-refractivity contribution in [2.24, 2.45) is 0 Å². The molecule has 12 aromatic rings. The molecule has 0 N–H and O–H groups in total. The molecule has 12 rings (SSSR count). The summed E-state index contributed by atoms with van der Waals surface area (Å²) < 4.78 is 11.2. The van der Waals surface area contributed by atoms with E-state index in [2.05, 4.69) is 253 Å². The van der Waals surface area contributed by atoms with Crippen molar-refractivity contribution in [1.29, 1.82) is 0 Å². The minimum absolute atomic E-state index is 0.198. The maximum absolute atomic E-state index is 2.36. The summed E-state index contributed by atoms with van der Waals surface area (Å²) in [4.78, 5) is 0. The van der Waals surface area contributed by atoms with Crippen molar-refractivity contribution in [1.82, 2.24) is 0 Å². The molecule has 0 aliphatic rings. The number of hydrogen-bond acceptors (Lipinski definition) is 4. The number of rotatable bonds is 0. The van der Waals surface area contributed by atoms with Crippen LogP contribution in [0.2, 0.25) is 0 Å². The van der Waals surface area contributed by atoms with Gasteiger partial charge in [-0.1, -0.05) is 204 Å². The standard InChI is InChI=1S/4C16H16S/c1-16(2,3)13-9-6-8-12-11-7-4-5-10-14(11)17-15(12)13;1-16(2,3)12-8-6-10-14-15(12)11-7-4-5-9-13(11)17-14;1-16(2,3)11-8-9-15-13(10-11)12-6-4-5-7-14(12)17-15;1-16(2,3)11-8-9-13-12-6-4-5-7-14(12)17-15(13)10-11/h4*4-10H,1-3H3. The molecule has 0 bridgehead atoms. The summed E-state index contributed by atoms with van der Waals surface area (Å²) >= 11 is 7.58. The summed E-state index contributed by atoms with van der Waals surface area (Å²) in [6.45, 7) is 27.3. The topological polar surface area (TPSA) is 0 Å². The van der Waals surface area contributed by atoms with Gasteiger partial charge in [-0.05, 0) is 92.4 Å². The Bertz CT molecular complexity index is 3700. The molecule has 0 amide bonds. The van der Waals surface area contributed by atoms with Crippen LogP contribution in [0.25, 0.3) is 80.7 Å². The van der Waals surface area contributed by atoms with Crippen LogP contribution in [0.3, 0.4) is 0 Å². The van der Waals surface area contributed by atoms with E-state index < -0.39 is 0 Å². The second-order valence-corrected chi connectivity index (χ2v) is 26.5. The molecule has 68 heavy (non-hydrogen) atoms. The van der Waals surface area contributed by atoms with Crippen LogP contribution in [0.5, 0.6) is 0 Å². The van der Waals surface area contributed by atoms with Crippen LogP contribution in [0.4, 0.5) is 0 Å². The second-order valence-electron chi connectivity index (χ2n) is 22.2. The smallest absolute Gasteiger partial charge is 0.0392 e. The maximum Gasteiger partial charge on any atom is 0.0392 e. The molecule has 0 saturated carbocycles. The second kappa shape index (κ2) is 18.5. The first-order valence-electron chi connectivity index (χ1n) is 23.9. The van der Waals surface area contributed by atoms with Gasteiger partial charge in [-0.3, -0.25) is 0 Å². The Hall–Kier alpha value is -5.36. The van der Waals surface area contributed by atoms with Gasteiger partial charge >= 0.3 is 0 Å². The molecule has 0 atom stereocenters.